The number of hydrogen-bond acceptors (Lipinski definition) is 6. The summed E-state index contributed by atoms with van der Waals surface area (Å²) in [5.74, 6) is -9.36. The van der Waals surface area contributed by atoms with E-state index in [1.165, 1.54) is 0 Å². The van der Waals surface area contributed by atoms with E-state index in [1.54, 1.807) is 0 Å². The molecule has 0 radical (unpaired) electrons. The number of aliphatic hydroxyl groups excluding tert-OH is 1. The SMILES string of the molecule is O=C1NCC[C@H]1C[C@H](NC(=O)[C@@H]1CC2(CC2)CN1C(=O)[C@@H](O)CC(C(F)(F)F)C(F)(F)F)C(=O)COC(F)(F)F. The number of alkyl halides is 9. The topological polar surface area (TPSA) is 125 Å². The predicted octanol–water partition coefficient (Wildman–Crippen LogP) is 1.98. The first-order valence-electron chi connectivity index (χ1n) is 12.2. The third-order valence-electron chi connectivity index (χ3n) is 7.35. The number of nitrogens with zero attached hydrogens (tertiary/aromatic N) is 1. The summed E-state index contributed by atoms with van der Waals surface area (Å²) in [5, 5.41) is 14.7. The summed E-state index contributed by atoms with van der Waals surface area (Å²) in [4.78, 5) is 51.0. The largest absolute Gasteiger partial charge is 0.522 e. The molecule has 9 nitrogen and oxygen atoms in total. The first kappa shape index (κ1) is 31.9. The van der Waals surface area contributed by atoms with Gasteiger partial charge in [-0.25, -0.2) is 0 Å². The number of rotatable bonds is 10. The number of nitrogens with one attached hydrogen (secondary N) is 2. The zero-order valence-electron chi connectivity index (χ0n) is 20.6. The normalized spacial score (nSPS) is 24.3. The van der Waals surface area contributed by atoms with E-state index >= 15 is 0 Å². The molecule has 0 aromatic carbocycles. The maximum Gasteiger partial charge on any atom is 0.522 e. The summed E-state index contributed by atoms with van der Waals surface area (Å²) in [7, 11) is 0. The van der Waals surface area contributed by atoms with Gasteiger partial charge in [0.05, 0.1) is 6.04 Å². The highest BCUT2D eigenvalue weighted by molar-refractivity contribution is 5.95. The number of carbonyl (C=O) groups is 4. The Morgan fingerprint density at radius 1 is 1.07 bits per heavy atom. The molecule has 0 aromatic rings. The van der Waals surface area contributed by atoms with Crippen LogP contribution in [0, 0.1) is 17.3 Å². The minimum Gasteiger partial charge on any atom is -0.383 e. The van der Waals surface area contributed by atoms with Gasteiger partial charge in [0.15, 0.2) is 11.7 Å². The molecule has 3 rings (SSSR count). The summed E-state index contributed by atoms with van der Waals surface area (Å²) >= 11 is 0. The Balaban J connectivity index is 1.77. The molecule has 3 aliphatic rings. The van der Waals surface area contributed by atoms with E-state index in [9.17, 15) is 63.8 Å². The lowest BCUT2D eigenvalue weighted by Gasteiger charge is -2.30. The number of Topliss-reactive ketones (excluding diaryl/α,β-unsaturated/α-hetero) is 1. The van der Waals surface area contributed by atoms with E-state index < -0.39 is 97.1 Å². The fraction of sp³-hybridized carbons (Fsp3) is 0.818. The van der Waals surface area contributed by atoms with Crippen molar-refractivity contribution in [2.24, 2.45) is 17.3 Å². The van der Waals surface area contributed by atoms with Gasteiger partial charge in [-0.2, -0.15) is 26.3 Å². The van der Waals surface area contributed by atoms with E-state index in [-0.39, 0.29) is 25.9 Å². The summed E-state index contributed by atoms with van der Waals surface area (Å²) in [6.45, 7) is -1.58. The lowest BCUT2D eigenvalue weighted by atomic mass is 9.95. The summed E-state index contributed by atoms with van der Waals surface area (Å²) in [6.07, 6.45) is -21.1. The van der Waals surface area contributed by atoms with Crippen LogP contribution < -0.4 is 10.6 Å². The van der Waals surface area contributed by atoms with Crippen molar-refractivity contribution in [3.8, 4) is 0 Å². The minimum atomic E-state index is -5.82. The second-order valence-electron chi connectivity index (χ2n) is 10.3. The van der Waals surface area contributed by atoms with Gasteiger partial charge in [-0.1, -0.05) is 0 Å². The van der Waals surface area contributed by atoms with Crippen LogP contribution in [0.25, 0.3) is 0 Å². The van der Waals surface area contributed by atoms with Gasteiger partial charge in [0, 0.05) is 25.4 Å². The van der Waals surface area contributed by atoms with Crippen molar-refractivity contribution in [1.29, 1.82) is 0 Å². The Morgan fingerprint density at radius 2 is 1.68 bits per heavy atom. The van der Waals surface area contributed by atoms with Crippen molar-refractivity contribution in [2.75, 3.05) is 19.7 Å². The van der Waals surface area contributed by atoms with E-state index in [2.05, 4.69) is 15.4 Å². The van der Waals surface area contributed by atoms with Crippen LogP contribution in [0.1, 0.15) is 38.5 Å². The van der Waals surface area contributed by atoms with Crippen LogP contribution in [-0.2, 0) is 23.9 Å². The molecule has 1 saturated carbocycles. The maximum absolute atomic E-state index is 13.1. The van der Waals surface area contributed by atoms with E-state index in [0.29, 0.717) is 17.7 Å². The van der Waals surface area contributed by atoms with Crippen LogP contribution in [0.5, 0.6) is 0 Å². The van der Waals surface area contributed by atoms with Crippen LogP contribution in [0.4, 0.5) is 39.5 Å². The van der Waals surface area contributed by atoms with Gasteiger partial charge >= 0.3 is 18.7 Å². The Hall–Kier alpha value is -2.63. The predicted molar refractivity (Wildman–Crippen MR) is 113 cm³/mol. The van der Waals surface area contributed by atoms with Crippen molar-refractivity contribution < 1.29 is 68.5 Å². The van der Waals surface area contributed by atoms with Crippen molar-refractivity contribution in [3.05, 3.63) is 0 Å². The smallest absolute Gasteiger partial charge is 0.383 e. The number of hydrogen-bond donors (Lipinski definition) is 3. The molecule has 1 spiro atoms. The molecule has 3 N–H and O–H groups in total. The molecule has 40 heavy (non-hydrogen) atoms. The first-order chi connectivity index (χ1) is 18.2. The van der Waals surface area contributed by atoms with Gasteiger partial charge in [0.2, 0.25) is 11.8 Å². The zero-order chi connectivity index (χ0) is 30.3. The van der Waals surface area contributed by atoms with Crippen LogP contribution in [-0.4, -0.2) is 90.1 Å². The first-order valence-corrected chi connectivity index (χ1v) is 12.2. The second kappa shape index (κ2) is 11.3. The van der Waals surface area contributed by atoms with E-state index in [0.717, 1.165) is 0 Å². The van der Waals surface area contributed by atoms with Gasteiger partial charge in [-0.3, -0.25) is 23.9 Å². The van der Waals surface area contributed by atoms with Crippen LogP contribution >= 0.6 is 0 Å². The molecule has 0 unspecified atom stereocenters. The standard InChI is InChI=1S/C22H26F9N3O6/c23-20(24,25)15(21(26,27)28)6-13(35)18(39)34-9-19(2-3-19)7-12(34)17(38)33-11(5-10-1-4-32-16(10)37)14(36)8-40-22(29,30)31/h10-13,15,35H,1-9H2,(H,32,37)(H,33,38)/t10-,11-,12-,13-/m0/s1. The average molecular weight is 599 g/mol. The Kier molecular flexibility index (Phi) is 9.03. The third-order valence-corrected chi connectivity index (χ3v) is 7.35. The third kappa shape index (κ3) is 7.98. The fourth-order valence-corrected chi connectivity index (χ4v) is 4.98. The van der Waals surface area contributed by atoms with Crippen molar-refractivity contribution in [1.82, 2.24) is 15.5 Å². The molecule has 3 amide bonds. The van der Waals surface area contributed by atoms with Gasteiger partial charge < -0.3 is 20.6 Å². The number of aliphatic hydroxyl groups is 1. The quantitative estimate of drug-likeness (QED) is 0.330. The summed E-state index contributed by atoms with van der Waals surface area (Å²) in [6, 6.07) is -3.24. The van der Waals surface area contributed by atoms with Gasteiger partial charge in [-0.15, -0.1) is 13.2 Å². The molecule has 2 aliphatic heterocycles. The van der Waals surface area contributed by atoms with E-state index in [1.807, 2.05) is 0 Å². The Labute approximate surface area is 220 Å². The van der Waals surface area contributed by atoms with Crippen LogP contribution in [0.3, 0.4) is 0 Å². The zero-order valence-corrected chi connectivity index (χ0v) is 20.6. The highest BCUT2D eigenvalue weighted by Gasteiger charge is 2.59. The van der Waals surface area contributed by atoms with Crippen LogP contribution in [0.2, 0.25) is 0 Å². The fourth-order valence-electron chi connectivity index (χ4n) is 4.98. The van der Waals surface area contributed by atoms with E-state index in [4.69, 9.17) is 0 Å². The number of ether oxygens (including phenoxy) is 1. The Bertz CT molecular complexity index is 982. The number of amides is 3. The van der Waals surface area contributed by atoms with Crippen molar-refractivity contribution in [2.45, 2.75) is 75.4 Å². The molecule has 0 aromatic heterocycles. The average Bonchev–Trinajstić information content (AvgIpc) is 3.27. The molecule has 0 bridgehead atoms. The lowest BCUT2D eigenvalue weighted by Crippen LogP contribution is -2.54. The molecular weight excluding hydrogens is 573 g/mol. The summed E-state index contributed by atoms with van der Waals surface area (Å²) in [5.41, 5.74) is -0.685. The molecule has 1 aliphatic carbocycles. The van der Waals surface area contributed by atoms with Gasteiger partial charge in [0.1, 0.15) is 18.8 Å². The highest BCUT2D eigenvalue weighted by Crippen LogP contribution is 2.55. The molecule has 2 saturated heterocycles. The number of carbonyl (C=O) groups excluding carboxylic acids is 4. The minimum absolute atomic E-state index is 0.108. The molecule has 3 fully saturated rings. The molecular formula is C22H26F9N3O6. The van der Waals surface area contributed by atoms with Crippen molar-refractivity contribution in [3.63, 3.8) is 0 Å². The summed E-state index contributed by atoms with van der Waals surface area (Å²) < 4.78 is 119. The van der Waals surface area contributed by atoms with Gasteiger partial charge in [-0.05, 0) is 37.5 Å². The molecule has 18 heteroatoms. The Morgan fingerprint density at radius 3 is 2.15 bits per heavy atom. The van der Waals surface area contributed by atoms with Gasteiger partial charge in [0.25, 0.3) is 5.91 Å². The maximum atomic E-state index is 13.1. The molecule has 4 atom stereocenters. The monoisotopic (exact) mass is 599 g/mol. The van der Waals surface area contributed by atoms with Crippen molar-refractivity contribution >= 4 is 23.5 Å². The second-order valence-corrected chi connectivity index (χ2v) is 10.3. The van der Waals surface area contributed by atoms with Crippen LogP contribution in [0.15, 0.2) is 0 Å². The molecule has 228 valence electrons. The molecule has 2 heterocycles. The lowest BCUT2D eigenvalue weighted by molar-refractivity contribution is -0.321. The number of likely N-dealkylation sites (tertiary alicyclic amines) is 1. The number of halogens is 9. The number of ketones is 1. The highest BCUT2D eigenvalue weighted by atomic mass is 19.4.